The zero-order valence-corrected chi connectivity index (χ0v) is 12.4. The Morgan fingerprint density at radius 2 is 2.47 bits per heavy atom. The second kappa shape index (κ2) is 5.34. The maximum absolute atomic E-state index is 11.9. The predicted molar refractivity (Wildman–Crippen MR) is 76.6 cm³/mol. The van der Waals surface area contributed by atoms with Crippen molar-refractivity contribution in [1.29, 1.82) is 0 Å². The summed E-state index contributed by atoms with van der Waals surface area (Å²) in [5.41, 5.74) is 0. The van der Waals surface area contributed by atoms with Crippen molar-refractivity contribution in [2.75, 3.05) is 18.0 Å². The van der Waals surface area contributed by atoms with Crippen LogP contribution in [0.2, 0.25) is 0 Å². The van der Waals surface area contributed by atoms with Crippen molar-refractivity contribution in [3.05, 3.63) is 34.1 Å². The number of halogens is 1. The van der Waals surface area contributed by atoms with Gasteiger partial charge in [0.1, 0.15) is 0 Å². The molecule has 0 aliphatic carbocycles. The first-order chi connectivity index (χ1) is 9.22. The molecule has 19 heavy (non-hydrogen) atoms. The highest BCUT2D eigenvalue weighted by Crippen LogP contribution is 2.22. The number of nitrogens with zero attached hydrogens (tertiary/aromatic N) is 2. The minimum Gasteiger partial charge on any atom is -0.444 e. The Balaban J connectivity index is 1.59. The molecule has 100 valence electrons. The molecule has 1 amide bonds. The molecule has 2 aromatic heterocycles. The fraction of sp³-hybridized carbons (Fsp3) is 0.333. The van der Waals surface area contributed by atoms with E-state index in [1.165, 1.54) is 0 Å². The van der Waals surface area contributed by atoms with Gasteiger partial charge in [0.05, 0.1) is 0 Å². The van der Waals surface area contributed by atoms with Crippen molar-refractivity contribution in [2.24, 2.45) is 0 Å². The van der Waals surface area contributed by atoms with Gasteiger partial charge in [0.15, 0.2) is 15.6 Å². The average Bonchev–Trinajstić information content (AvgIpc) is 3.07. The molecule has 0 spiro atoms. The van der Waals surface area contributed by atoms with Crippen molar-refractivity contribution in [3.8, 4) is 0 Å². The van der Waals surface area contributed by atoms with E-state index < -0.39 is 0 Å². The molecular formula is C12H12BrN3O2S. The maximum atomic E-state index is 11.9. The summed E-state index contributed by atoms with van der Waals surface area (Å²) < 4.78 is 5.80. The number of furan rings is 1. The van der Waals surface area contributed by atoms with Gasteiger partial charge in [-0.2, -0.15) is 0 Å². The molecule has 1 N–H and O–H groups in total. The standard InChI is InChI=1S/C12H12BrN3O2S/c13-10-2-1-9(18-10)11(17)15-8-3-5-16(7-8)12-14-4-6-19-12/h1-2,4,6,8H,3,5,7H2,(H,15,17). The zero-order valence-electron chi connectivity index (χ0n) is 10.0. The Labute approximate surface area is 122 Å². The van der Waals surface area contributed by atoms with E-state index in [9.17, 15) is 4.79 Å². The first-order valence-corrected chi connectivity index (χ1v) is 7.60. The normalized spacial score (nSPS) is 18.8. The van der Waals surface area contributed by atoms with E-state index in [2.05, 4.69) is 31.1 Å². The second-order valence-corrected chi connectivity index (χ2v) is 5.98. The van der Waals surface area contributed by atoms with Crippen LogP contribution < -0.4 is 10.2 Å². The van der Waals surface area contributed by atoms with Crippen LogP contribution in [-0.2, 0) is 0 Å². The number of hydrogen-bond donors (Lipinski definition) is 1. The summed E-state index contributed by atoms with van der Waals surface area (Å²) in [6, 6.07) is 3.51. The predicted octanol–water partition coefficient (Wildman–Crippen LogP) is 2.51. The topological polar surface area (TPSA) is 58.4 Å². The number of carbonyl (C=O) groups excluding carboxylic acids is 1. The van der Waals surface area contributed by atoms with Crippen LogP contribution in [-0.4, -0.2) is 30.0 Å². The molecule has 1 aliphatic heterocycles. The monoisotopic (exact) mass is 341 g/mol. The van der Waals surface area contributed by atoms with Crippen LogP contribution in [0.5, 0.6) is 0 Å². The third kappa shape index (κ3) is 2.82. The Hall–Kier alpha value is -1.34. The van der Waals surface area contributed by atoms with E-state index in [0.29, 0.717) is 10.4 Å². The number of amides is 1. The SMILES string of the molecule is O=C(NC1CCN(c2nccs2)C1)c1ccc(Br)o1. The number of anilines is 1. The minimum atomic E-state index is -0.170. The number of thiazole rings is 1. The highest BCUT2D eigenvalue weighted by molar-refractivity contribution is 9.10. The largest absolute Gasteiger partial charge is 0.444 e. The van der Waals surface area contributed by atoms with E-state index in [0.717, 1.165) is 24.6 Å². The lowest BCUT2D eigenvalue weighted by Gasteiger charge is -2.15. The smallest absolute Gasteiger partial charge is 0.287 e. The van der Waals surface area contributed by atoms with Crippen LogP contribution in [0.3, 0.4) is 0 Å². The molecule has 5 nitrogen and oxygen atoms in total. The van der Waals surface area contributed by atoms with Gasteiger partial charge in [-0.15, -0.1) is 11.3 Å². The quantitative estimate of drug-likeness (QED) is 0.931. The van der Waals surface area contributed by atoms with Crippen molar-refractivity contribution < 1.29 is 9.21 Å². The fourth-order valence-corrected chi connectivity index (χ4v) is 3.10. The summed E-state index contributed by atoms with van der Waals surface area (Å²) in [6.07, 6.45) is 2.72. The zero-order chi connectivity index (χ0) is 13.2. The third-order valence-corrected chi connectivity index (χ3v) is 4.27. The highest BCUT2D eigenvalue weighted by atomic mass is 79.9. The molecular weight excluding hydrogens is 330 g/mol. The van der Waals surface area contributed by atoms with Crippen molar-refractivity contribution in [3.63, 3.8) is 0 Å². The van der Waals surface area contributed by atoms with Crippen molar-refractivity contribution in [1.82, 2.24) is 10.3 Å². The molecule has 1 unspecified atom stereocenters. The van der Waals surface area contributed by atoms with Crippen molar-refractivity contribution >= 4 is 38.3 Å². The van der Waals surface area contributed by atoms with Gasteiger partial charge < -0.3 is 14.6 Å². The van der Waals surface area contributed by atoms with Crippen LogP contribution in [0.25, 0.3) is 0 Å². The lowest BCUT2D eigenvalue weighted by Crippen LogP contribution is -2.36. The summed E-state index contributed by atoms with van der Waals surface area (Å²) in [5, 5.41) is 5.95. The molecule has 7 heteroatoms. The Bertz CT molecular complexity index is 569. The second-order valence-electron chi connectivity index (χ2n) is 4.32. The van der Waals surface area contributed by atoms with Gasteiger partial charge in [-0.05, 0) is 34.5 Å². The first kappa shape index (κ1) is 12.7. The van der Waals surface area contributed by atoms with Gasteiger partial charge >= 0.3 is 0 Å². The van der Waals surface area contributed by atoms with Gasteiger partial charge in [-0.1, -0.05) is 0 Å². The summed E-state index contributed by atoms with van der Waals surface area (Å²) in [4.78, 5) is 18.4. The average molecular weight is 342 g/mol. The summed E-state index contributed by atoms with van der Waals surface area (Å²) >= 11 is 4.81. The lowest BCUT2D eigenvalue weighted by atomic mass is 10.2. The van der Waals surface area contributed by atoms with E-state index >= 15 is 0 Å². The van der Waals surface area contributed by atoms with Crippen LogP contribution >= 0.6 is 27.3 Å². The van der Waals surface area contributed by atoms with Crippen LogP contribution in [0.1, 0.15) is 17.0 Å². The maximum Gasteiger partial charge on any atom is 0.287 e. The lowest BCUT2D eigenvalue weighted by molar-refractivity contribution is 0.0911. The molecule has 0 radical (unpaired) electrons. The molecule has 1 saturated heterocycles. The summed E-state index contributed by atoms with van der Waals surface area (Å²) in [5.74, 6) is 0.163. The Morgan fingerprint density at radius 1 is 1.58 bits per heavy atom. The molecule has 0 bridgehead atoms. The van der Waals surface area contributed by atoms with Gasteiger partial charge in [0, 0.05) is 30.7 Å². The molecule has 1 atom stereocenters. The van der Waals surface area contributed by atoms with Crippen LogP contribution in [0.4, 0.5) is 5.13 Å². The van der Waals surface area contributed by atoms with E-state index in [4.69, 9.17) is 4.42 Å². The van der Waals surface area contributed by atoms with Crippen LogP contribution in [0.15, 0.2) is 32.8 Å². The van der Waals surface area contributed by atoms with Gasteiger partial charge in [0.2, 0.25) is 0 Å². The van der Waals surface area contributed by atoms with E-state index in [1.807, 2.05) is 5.38 Å². The van der Waals surface area contributed by atoms with Gasteiger partial charge in [-0.25, -0.2) is 4.98 Å². The summed E-state index contributed by atoms with van der Waals surface area (Å²) in [6.45, 7) is 1.71. The number of aromatic nitrogens is 1. The molecule has 3 rings (SSSR count). The van der Waals surface area contributed by atoms with Gasteiger partial charge in [-0.3, -0.25) is 4.79 Å². The molecule has 0 aromatic carbocycles. The number of nitrogens with one attached hydrogen (secondary N) is 1. The Morgan fingerprint density at radius 3 is 3.16 bits per heavy atom. The molecule has 1 fully saturated rings. The summed E-state index contributed by atoms with van der Waals surface area (Å²) in [7, 11) is 0. The van der Waals surface area contributed by atoms with Crippen molar-refractivity contribution in [2.45, 2.75) is 12.5 Å². The molecule has 0 saturated carbocycles. The van der Waals surface area contributed by atoms with Gasteiger partial charge in [0.25, 0.3) is 5.91 Å². The highest BCUT2D eigenvalue weighted by Gasteiger charge is 2.26. The number of carbonyl (C=O) groups is 1. The molecule has 1 aliphatic rings. The third-order valence-electron chi connectivity index (χ3n) is 3.01. The van der Waals surface area contributed by atoms with E-state index in [-0.39, 0.29) is 11.9 Å². The van der Waals surface area contributed by atoms with Crippen LogP contribution in [0, 0.1) is 0 Å². The number of hydrogen-bond acceptors (Lipinski definition) is 5. The fourth-order valence-electron chi connectivity index (χ4n) is 2.12. The number of rotatable bonds is 3. The van der Waals surface area contributed by atoms with E-state index in [1.54, 1.807) is 29.7 Å². The molecule has 2 aromatic rings. The Kier molecular flexibility index (Phi) is 3.56. The molecule has 3 heterocycles. The minimum absolute atomic E-state index is 0.139. The first-order valence-electron chi connectivity index (χ1n) is 5.93.